The maximum absolute atomic E-state index is 11.4. The fourth-order valence-corrected chi connectivity index (χ4v) is 1.66. The van der Waals surface area contributed by atoms with Gasteiger partial charge in [0.05, 0.1) is 0 Å². The maximum Gasteiger partial charge on any atom is 0.141 e. The minimum atomic E-state index is 0.187. The number of ketones is 1. The predicted octanol–water partition coefficient (Wildman–Crippen LogP) is 1.42. The Labute approximate surface area is 79.7 Å². The molecule has 2 nitrogen and oxygen atoms in total. The van der Waals surface area contributed by atoms with Crippen LogP contribution in [0.1, 0.15) is 20.8 Å². The summed E-state index contributed by atoms with van der Waals surface area (Å²) >= 11 is 4.30. The normalized spacial score (nSPS) is 22.4. The summed E-state index contributed by atoms with van der Waals surface area (Å²) in [5, 5.41) is 0.293. The Hall–Kier alpha value is -0.0200. The molecule has 3 heteroatoms. The van der Waals surface area contributed by atoms with Gasteiger partial charge in [0.25, 0.3) is 0 Å². The Bertz CT molecular complexity index is 173. The second-order valence-electron chi connectivity index (χ2n) is 3.84. The Balaban J connectivity index is 2.30. The van der Waals surface area contributed by atoms with Gasteiger partial charge in [0.1, 0.15) is 5.78 Å². The second kappa shape index (κ2) is 3.79. The number of likely N-dealkylation sites (tertiary alicyclic amines) is 1. The molecule has 0 amide bonds. The quantitative estimate of drug-likeness (QED) is 0.674. The van der Waals surface area contributed by atoms with Crippen molar-refractivity contribution < 1.29 is 4.79 Å². The van der Waals surface area contributed by atoms with Crippen LogP contribution in [-0.2, 0) is 4.79 Å². The van der Waals surface area contributed by atoms with E-state index in [1.165, 1.54) is 0 Å². The third kappa shape index (κ3) is 2.02. The van der Waals surface area contributed by atoms with Gasteiger partial charge < -0.3 is 0 Å². The van der Waals surface area contributed by atoms with E-state index in [4.69, 9.17) is 0 Å². The van der Waals surface area contributed by atoms with E-state index >= 15 is 0 Å². The van der Waals surface area contributed by atoms with Gasteiger partial charge in [0.15, 0.2) is 0 Å². The maximum atomic E-state index is 11.4. The number of thiol groups is 1. The zero-order valence-electron chi connectivity index (χ0n) is 7.95. The van der Waals surface area contributed by atoms with E-state index in [0.717, 1.165) is 13.1 Å². The zero-order valence-corrected chi connectivity index (χ0v) is 8.84. The summed E-state index contributed by atoms with van der Waals surface area (Å²) in [4.78, 5) is 13.6. The van der Waals surface area contributed by atoms with E-state index in [0.29, 0.717) is 11.2 Å². The van der Waals surface area contributed by atoms with Crippen molar-refractivity contribution in [2.45, 2.75) is 26.1 Å². The minimum absolute atomic E-state index is 0.187. The summed E-state index contributed by atoms with van der Waals surface area (Å²) < 4.78 is 0. The summed E-state index contributed by atoms with van der Waals surface area (Å²) in [5.74, 6) is 0.868. The molecule has 1 saturated heterocycles. The van der Waals surface area contributed by atoms with E-state index < -0.39 is 0 Å². The number of rotatable bonds is 3. The van der Waals surface area contributed by atoms with Gasteiger partial charge in [-0.15, -0.1) is 0 Å². The van der Waals surface area contributed by atoms with Gasteiger partial charge in [-0.25, -0.2) is 0 Å². The molecule has 0 N–H and O–H groups in total. The second-order valence-corrected chi connectivity index (χ2v) is 4.59. The monoisotopic (exact) mass is 187 g/mol. The van der Waals surface area contributed by atoms with Crippen molar-refractivity contribution in [1.29, 1.82) is 0 Å². The van der Waals surface area contributed by atoms with Crippen LogP contribution in [0.5, 0.6) is 0 Å². The lowest BCUT2D eigenvalue weighted by Crippen LogP contribution is -2.53. The molecule has 0 radical (unpaired) electrons. The molecular weight excluding hydrogens is 170 g/mol. The van der Waals surface area contributed by atoms with Crippen molar-refractivity contribution in [3.05, 3.63) is 0 Å². The van der Waals surface area contributed by atoms with Crippen molar-refractivity contribution in [2.75, 3.05) is 13.1 Å². The van der Waals surface area contributed by atoms with Gasteiger partial charge in [-0.3, -0.25) is 9.69 Å². The van der Waals surface area contributed by atoms with Crippen LogP contribution in [0.2, 0.25) is 0 Å². The van der Waals surface area contributed by atoms with Crippen molar-refractivity contribution in [3.63, 3.8) is 0 Å². The van der Waals surface area contributed by atoms with E-state index in [2.05, 4.69) is 17.5 Å². The summed E-state index contributed by atoms with van der Waals surface area (Å²) in [6, 6.07) is 0. The molecular formula is C9H17NOS. The van der Waals surface area contributed by atoms with Crippen LogP contribution in [0, 0.1) is 11.8 Å². The SMILES string of the molecule is CC(C)C(=O)C1CN(C(C)S)C1. The summed E-state index contributed by atoms with van der Waals surface area (Å²) in [6.45, 7) is 7.78. The molecule has 0 aliphatic carbocycles. The zero-order chi connectivity index (χ0) is 9.30. The Morgan fingerprint density at radius 2 is 1.92 bits per heavy atom. The molecule has 1 heterocycles. The number of carbonyl (C=O) groups excluding carboxylic acids is 1. The molecule has 0 aromatic heterocycles. The number of Topliss-reactive ketones (excluding diaryl/α,β-unsaturated/α-hetero) is 1. The molecule has 0 spiro atoms. The minimum Gasteiger partial charge on any atom is -0.299 e. The molecule has 1 unspecified atom stereocenters. The Kier molecular flexibility index (Phi) is 3.18. The van der Waals surface area contributed by atoms with Crippen LogP contribution in [0.25, 0.3) is 0 Å². The fourth-order valence-electron chi connectivity index (χ4n) is 1.47. The van der Waals surface area contributed by atoms with Crippen molar-refractivity contribution in [1.82, 2.24) is 4.90 Å². The van der Waals surface area contributed by atoms with E-state index in [-0.39, 0.29) is 11.8 Å². The van der Waals surface area contributed by atoms with Crippen molar-refractivity contribution >= 4 is 18.4 Å². The molecule has 0 saturated carbocycles. The molecule has 1 atom stereocenters. The first-order valence-electron chi connectivity index (χ1n) is 4.48. The standard InChI is InChI=1S/C9H17NOS/c1-6(2)9(11)8-4-10(5-8)7(3)12/h6-8,12H,4-5H2,1-3H3. The highest BCUT2D eigenvalue weighted by molar-refractivity contribution is 7.80. The lowest BCUT2D eigenvalue weighted by Gasteiger charge is -2.41. The van der Waals surface area contributed by atoms with E-state index in [9.17, 15) is 4.79 Å². The first-order chi connectivity index (χ1) is 5.52. The summed E-state index contributed by atoms with van der Waals surface area (Å²) in [5.41, 5.74) is 0. The number of carbonyl (C=O) groups is 1. The highest BCUT2D eigenvalue weighted by Gasteiger charge is 2.34. The molecule has 12 heavy (non-hydrogen) atoms. The lowest BCUT2D eigenvalue weighted by molar-refractivity contribution is -0.131. The fraction of sp³-hybridized carbons (Fsp3) is 0.889. The van der Waals surface area contributed by atoms with Crippen LogP contribution in [0.4, 0.5) is 0 Å². The Morgan fingerprint density at radius 3 is 2.25 bits per heavy atom. The number of nitrogens with zero attached hydrogens (tertiary/aromatic N) is 1. The number of hydrogen-bond acceptors (Lipinski definition) is 3. The third-order valence-corrected chi connectivity index (χ3v) is 2.74. The first kappa shape index (κ1) is 10.1. The molecule has 0 aromatic rings. The smallest absolute Gasteiger partial charge is 0.141 e. The largest absolute Gasteiger partial charge is 0.299 e. The van der Waals surface area contributed by atoms with Crippen molar-refractivity contribution in [3.8, 4) is 0 Å². The average molecular weight is 187 g/mol. The molecule has 70 valence electrons. The molecule has 1 fully saturated rings. The molecule has 0 aromatic carbocycles. The van der Waals surface area contributed by atoms with Crippen LogP contribution in [0.15, 0.2) is 0 Å². The van der Waals surface area contributed by atoms with Gasteiger partial charge in [-0.05, 0) is 6.92 Å². The van der Waals surface area contributed by atoms with Crippen LogP contribution in [0.3, 0.4) is 0 Å². The molecule has 0 bridgehead atoms. The summed E-state index contributed by atoms with van der Waals surface area (Å²) in [7, 11) is 0. The Morgan fingerprint density at radius 1 is 1.42 bits per heavy atom. The molecule has 1 aliphatic heterocycles. The van der Waals surface area contributed by atoms with Gasteiger partial charge in [0, 0.05) is 30.3 Å². The highest BCUT2D eigenvalue weighted by atomic mass is 32.1. The van der Waals surface area contributed by atoms with Gasteiger partial charge in [-0.2, -0.15) is 12.6 Å². The van der Waals surface area contributed by atoms with Gasteiger partial charge >= 0.3 is 0 Å². The molecule has 1 aliphatic rings. The van der Waals surface area contributed by atoms with Crippen LogP contribution < -0.4 is 0 Å². The predicted molar refractivity (Wildman–Crippen MR) is 53.4 cm³/mol. The van der Waals surface area contributed by atoms with Crippen LogP contribution >= 0.6 is 12.6 Å². The topological polar surface area (TPSA) is 20.3 Å². The lowest BCUT2D eigenvalue weighted by atomic mass is 9.89. The molecule has 1 rings (SSSR count). The third-order valence-electron chi connectivity index (χ3n) is 2.41. The first-order valence-corrected chi connectivity index (χ1v) is 5.00. The van der Waals surface area contributed by atoms with E-state index in [1.807, 2.05) is 20.8 Å². The number of hydrogen-bond donors (Lipinski definition) is 1. The van der Waals surface area contributed by atoms with Crippen molar-refractivity contribution in [2.24, 2.45) is 11.8 Å². The summed E-state index contributed by atoms with van der Waals surface area (Å²) in [6.07, 6.45) is 0. The average Bonchev–Trinajstić information content (AvgIpc) is 1.82. The highest BCUT2D eigenvalue weighted by Crippen LogP contribution is 2.23. The van der Waals surface area contributed by atoms with Crippen LogP contribution in [-0.4, -0.2) is 29.1 Å². The van der Waals surface area contributed by atoms with E-state index in [1.54, 1.807) is 0 Å². The van der Waals surface area contributed by atoms with Gasteiger partial charge in [-0.1, -0.05) is 13.8 Å². The van der Waals surface area contributed by atoms with Gasteiger partial charge in [0.2, 0.25) is 0 Å².